The molecule has 1 atom stereocenters. The highest BCUT2D eigenvalue weighted by Gasteiger charge is 2.20. The van der Waals surface area contributed by atoms with Crippen molar-refractivity contribution in [2.24, 2.45) is 0 Å². The maximum absolute atomic E-state index is 13.5. The Bertz CT molecular complexity index is 1010. The number of carbonyl (C=O) groups is 1. The smallest absolute Gasteiger partial charge is 0.232 e. The maximum Gasteiger partial charge on any atom is 0.232 e. The van der Waals surface area contributed by atoms with Gasteiger partial charge in [-0.1, -0.05) is 30.7 Å². The van der Waals surface area contributed by atoms with Crippen molar-refractivity contribution in [2.75, 3.05) is 17.1 Å². The molecule has 0 saturated carbocycles. The van der Waals surface area contributed by atoms with E-state index >= 15 is 0 Å². The second-order valence-electron chi connectivity index (χ2n) is 7.43. The van der Waals surface area contributed by atoms with Crippen molar-refractivity contribution in [3.8, 4) is 0 Å². The Morgan fingerprint density at radius 3 is 2.37 bits per heavy atom. The van der Waals surface area contributed by atoms with Crippen molar-refractivity contribution in [1.29, 1.82) is 0 Å². The standard InChI is InChI=1S/C22H28F2N2O3S/c1-5-21(18-10-8-15(2)13-16(18)3)25-22(27)7-6-12-26(30(4,28)29)17-9-11-19(23)20(24)14-17/h8-11,13-14,21H,5-7,12H2,1-4H3,(H,25,27)/t21-/m0/s1. The van der Waals surface area contributed by atoms with Crippen LogP contribution in [0.2, 0.25) is 0 Å². The van der Waals surface area contributed by atoms with Crippen molar-refractivity contribution in [2.45, 2.75) is 46.1 Å². The Kier molecular flexibility index (Phi) is 7.95. The zero-order chi connectivity index (χ0) is 22.5. The number of nitrogens with one attached hydrogen (secondary N) is 1. The minimum atomic E-state index is -3.71. The Hall–Kier alpha value is -2.48. The Morgan fingerprint density at radius 1 is 1.10 bits per heavy atom. The molecular formula is C22H28F2N2O3S. The zero-order valence-corrected chi connectivity index (χ0v) is 18.5. The average Bonchev–Trinajstić information content (AvgIpc) is 2.65. The molecule has 164 valence electrons. The predicted octanol–water partition coefficient (Wildman–Crippen LogP) is 4.40. The van der Waals surface area contributed by atoms with Crippen LogP contribution in [0.15, 0.2) is 36.4 Å². The summed E-state index contributed by atoms with van der Waals surface area (Å²) >= 11 is 0. The van der Waals surface area contributed by atoms with Crippen LogP contribution in [0.4, 0.5) is 14.5 Å². The van der Waals surface area contributed by atoms with Crippen molar-refractivity contribution >= 4 is 21.6 Å². The van der Waals surface area contributed by atoms with E-state index in [1.165, 1.54) is 6.07 Å². The van der Waals surface area contributed by atoms with Crippen LogP contribution in [0.25, 0.3) is 0 Å². The van der Waals surface area contributed by atoms with Gasteiger partial charge in [-0.25, -0.2) is 17.2 Å². The van der Waals surface area contributed by atoms with Gasteiger partial charge in [-0.15, -0.1) is 0 Å². The van der Waals surface area contributed by atoms with Crippen molar-refractivity contribution in [3.05, 3.63) is 64.7 Å². The van der Waals surface area contributed by atoms with E-state index in [-0.39, 0.29) is 37.0 Å². The van der Waals surface area contributed by atoms with Crippen molar-refractivity contribution in [3.63, 3.8) is 0 Å². The molecule has 30 heavy (non-hydrogen) atoms. The number of hydrogen-bond donors (Lipinski definition) is 1. The number of aryl methyl sites for hydroxylation is 2. The highest BCUT2D eigenvalue weighted by molar-refractivity contribution is 7.92. The summed E-state index contributed by atoms with van der Waals surface area (Å²) < 4.78 is 51.8. The Labute approximate surface area is 177 Å². The van der Waals surface area contributed by atoms with E-state index < -0.39 is 21.7 Å². The van der Waals surface area contributed by atoms with Gasteiger partial charge in [0.1, 0.15) is 0 Å². The number of hydrogen-bond acceptors (Lipinski definition) is 3. The average molecular weight is 439 g/mol. The Balaban J connectivity index is 2.02. The van der Waals surface area contributed by atoms with Gasteiger partial charge in [-0.3, -0.25) is 9.10 Å². The molecule has 5 nitrogen and oxygen atoms in total. The molecule has 0 aliphatic carbocycles. The number of rotatable bonds is 9. The van der Waals surface area contributed by atoms with Crippen LogP contribution in [0.1, 0.15) is 48.9 Å². The fraction of sp³-hybridized carbons (Fsp3) is 0.409. The van der Waals surface area contributed by atoms with Crippen LogP contribution in [-0.2, 0) is 14.8 Å². The minimum Gasteiger partial charge on any atom is -0.349 e. The first-order valence-electron chi connectivity index (χ1n) is 9.82. The normalized spacial score (nSPS) is 12.5. The predicted molar refractivity (Wildman–Crippen MR) is 115 cm³/mol. The summed E-state index contributed by atoms with van der Waals surface area (Å²) in [5, 5.41) is 3.00. The highest BCUT2D eigenvalue weighted by Crippen LogP contribution is 2.23. The second kappa shape index (κ2) is 10.0. The van der Waals surface area contributed by atoms with Gasteiger partial charge in [0, 0.05) is 19.0 Å². The van der Waals surface area contributed by atoms with Crippen LogP contribution in [-0.4, -0.2) is 27.1 Å². The summed E-state index contributed by atoms with van der Waals surface area (Å²) in [6, 6.07) is 8.87. The molecule has 0 aliphatic rings. The van der Waals surface area contributed by atoms with Gasteiger partial charge in [-0.2, -0.15) is 0 Å². The highest BCUT2D eigenvalue weighted by atomic mass is 32.2. The molecule has 0 spiro atoms. The number of carbonyl (C=O) groups excluding carboxylic acids is 1. The summed E-state index contributed by atoms with van der Waals surface area (Å²) in [5.74, 6) is -2.37. The van der Waals surface area contributed by atoms with Crippen LogP contribution >= 0.6 is 0 Å². The second-order valence-corrected chi connectivity index (χ2v) is 9.33. The van der Waals surface area contributed by atoms with E-state index in [0.717, 1.165) is 45.8 Å². The summed E-state index contributed by atoms with van der Waals surface area (Å²) in [4.78, 5) is 12.4. The van der Waals surface area contributed by atoms with E-state index in [4.69, 9.17) is 0 Å². The number of halogens is 2. The third-order valence-corrected chi connectivity index (χ3v) is 6.09. The van der Waals surface area contributed by atoms with E-state index in [2.05, 4.69) is 11.4 Å². The van der Waals surface area contributed by atoms with Gasteiger partial charge in [0.15, 0.2) is 11.6 Å². The van der Waals surface area contributed by atoms with Crippen LogP contribution in [0.5, 0.6) is 0 Å². The largest absolute Gasteiger partial charge is 0.349 e. The van der Waals surface area contributed by atoms with Gasteiger partial charge in [0.05, 0.1) is 18.0 Å². The molecule has 1 N–H and O–H groups in total. The fourth-order valence-corrected chi connectivity index (χ4v) is 4.35. The molecule has 0 radical (unpaired) electrons. The molecule has 0 heterocycles. The number of benzene rings is 2. The monoisotopic (exact) mass is 438 g/mol. The molecule has 8 heteroatoms. The van der Waals surface area contributed by atoms with Crippen LogP contribution in [0.3, 0.4) is 0 Å². The fourth-order valence-electron chi connectivity index (χ4n) is 3.39. The number of nitrogens with zero attached hydrogens (tertiary/aromatic N) is 1. The van der Waals surface area contributed by atoms with Gasteiger partial charge in [0.2, 0.25) is 15.9 Å². The lowest BCUT2D eigenvalue weighted by Gasteiger charge is -2.23. The molecule has 0 fully saturated rings. The SMILES string of the molecule is CC[C@H](NC(=O)CCCN(c1ccc(F)c(F)c1)S(C)(=O)=O)c1ccc(C)cc1C. The molecule has 0 aliphatic heterocycles. The van der Waals surface area contributed by atoms with Gasteiger partial charge in [-0.05, 0) is 49.9 Å². The molecule has 0 bridgehead atoms. The molecule has 2 aromatic carbocycles. The van der Waals surface area contributed by atoms with E-state index in [0.29, 0.717) is 0 Å². The molecule has 2 aromatic rings. The quantitative estimate of drug-likeness (QED) is 0.631. The molecular weight excluding hydrogens is 410 g/mol. The molecule has 0 saturated heterocycles. The lowest BCUT2D eigenvalue weighted by Crippen LogP contribution is -2.33. The first-order chi connectivity index (χ1) is 14.0. The molecule has 2 rings (SSSR count). The third kappa shape index (κ3) is 6.26. The minimum absolute atomic E-state index is 0.0162. The molecule has 0 aromatic heterocycles. The zero-order valence-electron chi connectivity index (χ0n) is 17.7. The molecule has 1 amide bonds. The first-order valence-corrected chi connectivity index (χ1v) is 11.7. The lowest BCUT2D eigenvalue weighted by molar-refractivity contribution is -0.121. The summed E-state index contributed by atoms with van der Waals surface area (Å²) in [6.45, 7) is 5.98. The van der Waals surface area contributed by atoms with E-state index in [9.17, 15) is 22.0 Å². The van der Waals surface area contributed by atoms with Gasteiger partial charge >= 0.3 is 0 Å². The summed E-state index contributed by atoms with van der Waals surface area (Å²) in [5.41, 5.74) is 3.33. The van der Waals surface area contributed by atoms with E-state index in [1.54, 1.807) is 0 Å². The number of sulfonamides is 1. The van der Waals surface area contributed by atoms with Crippen molar-refractivity contribution < 1.29 is 22.0 Å². The van der Waals surface area contributed by atoms with Crippen LogP contribution < -0.4 is 9.62 Å². The first kappa shape index (κ1) is 23.8. The molecule has 0 unspecified atom stereocenters. The number of amides is 1. The van der Waals surface area contributed by atoms with Gasteiger partial charge in [0.25, 0.3) is 0 Å². The summed E-state index contributed by atoms with van der Waals surface area (Å²) in [7, 11) is -3.71. The van der Waals surface area contributed by atoms with Gasteiger partial charge < -0.3 is 5.32 Å². The van der Waals surface area contributed by atoms with E-state index in [1.807, 2.05) is 32.9 Å². The van der Waals surface area contributed by atoms with Crippen LogP contribution in [0, 0.1) is 25.5 Å². The lowest BCUT2D eigenvalue weighted by atomic mass is 9.97. The maximum atomic E-state index is 13.5. The van der Waals surface area contributed by atoms with Crippen molar-refractivity contribution in [1.82, 2.24) is 5.32 Å². The Morgan fingerprint density at radius 2 is 1.80 bits per heavy atom. The number of anilines is 1. The summed E-state index contributed by atoms with van der Waals surface area (Å²) in [6.07, 6.45) is 2.06. The third-order valence-electron chi connectivity index (χ3n) is 4.90. The topological polar surface area (TPSA) is 66.5 Å².